The molecule has 1 amide bonds. The molecule has 2 rings (SSSR count). The number of amides is 1. The summed E-state index contributed by atoms with van der Waals surface area (Å²) >= 11 is 6.51. The number of carbonyl (C=O) groups is 1. The van der Waals surface area contributed by atoms with Crippen LogP contribution in [0.4, 0.5) is 4.39 Å². The van der Waals surface area contributed by atoms with Crippen LogP contribution in [-0.4, -0.2) is 24.9 Å². The van der Waals surface area contributed by atoms with Gasteiger partial charge in [0.05, 0.1) is 6.61 Å². The number of ether oxygens (including phenoxy) is 1. The molecule has 1 aromatic rings. The predicted octanol–water partition coefficient (Wildman–Crippen LogP) is 1.86. The van der Waals surface area contributed by atoms with Gasteiger partial charge in [-0.15, -0.1) is 22.9 Å². The van der Waals surface area contributed by atoms with Crippen molar-refractivity contribution in [2.45, 2.75) is 12.5 Å². The third-order valence-corrected chi connectivity index (χ3v) is 3.65. The van der Waals surface area contributed by atoms with E-state index in [4.69, 9.17) is 16.3 Å². The molecule has 1 N–H and O–H groups in total. The fourth-order valence-electron chi connectivity index (χ4n) is 1.68. The molecule has 6 heteroatoms. The molecule has 0 spiro atoms. The van der Waals surface area contributed by atoms with Crippen molar-refractivity contribution in [1.29, 1.82) is 0 Å². The summed E-state index contributed by atoms with van der Waals surface area (Å²) in [6.07, 6.45) is 0.487. The molecule has 2 heterocycles. The van der Waals surface area contributed by atoms with E-state index in [9.17, 15) is 9.18 Å². The standard InChI is InChI=1S/C10H11ClFNO2S/c11-4-10(14)13-5-7-6-3-9(12)16-8(6)1-2-15-7/h3,7H,1-2,4-5H2,(H,13,14). The highest BCUT2D eigenvalue weighted by atomic mass is 35.5. The molecule has 0 fully saturated rings. The lowest BCUT2D eigenvalue weighted by molar-refractivity contribution is -0.119. The molecule has 0 radical (unpaired) electrons. The third kappa shape index (κ3) is 2.53. The van der Waals surface area contributed by atoms with E-state index >= 15 is 0 Å². The van der Waals surface area contributed by atoms with Gasteiger partial charge in [0.2, 0.25) is 5.91 Å². The van der Waals surface area contributed by atoms with Crippen molar-refractivity contribution < 1.29 is 13.9 Å². The maximum Gasteiger partial charge on any atom is 0.235 e. The van der Waals surface area contributed by atoms with Gasteiger partial charge in [0.15, 0.2) is 5.13 Å². The molecular formula is C10H11ClFNO2S. The minimum absolute atomic E-state index is 0.0719. The number of rotatable bonds is 3. The van der Waals surface area contributed by atoms with Crippen LogP contribution in [0.3, 0.4) is 0 Å². The van der Waals surface area contributed by atoms with E-state index in [1.54, 1.807) is 0 Å². The number of fused-ring (bicyclic) bond motifs is 1. The van der Waals surface area contributed by atoms with Crippen LogP contribution in [0.5, 0.6) is 0 Å². The number of alkyl halides is 1. The average molecular weight is 264 g/mol. The fourth-order valence-corrected chi connectivity index (χ4v) is 2.69. The summed E-state index contributed by atoms with van der Waals surface area (Å²) in [5.41, 5.74) is 0.851. The van der Waals surface area contributed by atoms with Crippen LogP contribution in [-0.2, 0) is 16.0 Å². The van der Waals surface area contributed by atoms with Crippen molar-refractivity contribution in [3.63, 3.8) is 0 Å². The van der Waals surface area contributed by atoms with Gasteiger partial charge in [-0.1, -0.05) is 0 Å². The Bertz CT molecular complexity index is 396. The van der Waals surface area contributed by atoms with Crippen LogP contribution in [0, 0.1) is 5.13 Å². The van der Waals surface area contributed by atoms with Crippen molar-refractivity contribution in [3.05, 3.63) is 21.6 Å². The van der Waals surface area contributed by atoms with Gasteiger partial charge in [-0.3, -0.25) is 4.79 Å². The van der Waals surface area contributed by atoms with E-state index in [2.05, 4.69) is 5.32 Å². The molecular weight excluding hydrogens is 253 g/mol. The van der Waals surface area contributed by atoms with Crippen LogP contribution < -0.4 is 5.32 Å². The monoisotopic (exact) mass is 263 g/mol. The minimum Gasteiger partial charge on any atom is -0.371 e. The molecule has 1 atom stereocenters. The van der Waals surface area contributed by atoms with Crippen molar-refractivity contribution >= 4 is 28.8 Å². The first-order chi connectivity index (χ1) is 7.70. The third-order valence-electron chi connectivity index (χ3n) is 2.41. The van der Waals surface area contributed by atoms with Crippen molar-refractivity contribution in [2.75, 3.05) is 19.0 Å². The predicted molar refractivity (Wildman–Crippen MR) is 60.4 cm³/mol. The van der Waals surface area contributed by atoms with Gasteiger partial charge >= 0.3 is 0 Å². The quantitative estimate of drug-likeness (QED) is 0.846. The lowest BCUT2D eigenvalue weighted by Crippen LogP contribution is -2.32. The maximum absolute atomic E-state index is 13.1. The summed E-state index contributed by atoms with van der Waals surface area (Å²) in [5.74, 6) is -0.314. The van der Waals surface area contributed by atoms with E-state index in [0.29, 0.717) is 13.2 Å². The first-order valence-corrected chi connectivity index (χ1v) is 6.28. The zero-order chi connectivity index (χ0) is 11.5. The van der Waals surface area contributed by atoms with Crippen molar-refractivity contribution in [1.82, 2.24) is 5.32 Å². The van der Waals surface area contributed by atoms with E-state index in [1.807, 2.05) is 0 Å². The van der Waals surface area contributed by atoms with Gasteiger partial charge in [-0.25, -0.2) is 0 Å². The van der Waals surface area contributed by atoms with E-state index in [0.717, 1.165) is 28.2 Å². The van der Waals surface area contributed by atoms with Gasteiger partial charge < -0.3 is 10.1 Å². The smallest absolute Gasteiger partial charge is 0.235 e. The molecule has 1 aliphatic rings. The number of hydrogen-bond donors (Lipinski definition) is 1. The normalized spacial score (nSPS) is 19.2. The Labute approximate surface area is 102 Å². The molecule has 0 saturated carbocycles. The summed E-state index contributed by atoms with van der Waals surface area (Å²) in [6, 6.07) is 1.48. The zero-order valence-electron chi connectivity index (χ0n) is 8.46. The number of halogens is 2. The lowest BCUT2D eigenvalue weighted by atomic mass is 10.1. The largest absolute Gasteiger partial charge is 0.371 e. The molecule has 1 unspecified atom stereocenters. The van der Waals surface area contributed by atoms with Crippen LogP contribution in [0.15, 0.2) is 6.07 Å². The van der Waals surface area contributed by atoms with E-state index in [1.165, 1.54) is 6.07 Å². The second-order valence-corrected chi connectivity index (χ2v) is 4.83. The van der Waals surface area contributed by atoms with Crippen molar-refractivity contribution in [2.24, 2.45) is 0 Å². The summed E-state index contributed by atoms with van der Waals surface area (Å²) in [7, 11) is 0. The van der Waals surface area contributed by atoms with Gasteiger partial charge in [0.1, 0.15) is 12.0 Å². The topological polar surface area (TPSA) is 38.3 Å². The molecule has 0 saturated heterocycles. The molecule has 1 aromatic heterocycles. The number of nitrogens with one attached hydrogen (secondary N) is 1. The minimum atomic E-state index is -0.253. The van der Waals surface area contributed by atoms with Crippen LogP contribution in [0.2, 0.25) is 0 Å². The first kappa shape index (κ1) is 11.8. The fraction of sp³-hybridized carbons (Fsp3) is 0.500. The zero-order valence-corrected chi connectivity index (χ0v) is 10.0. The number of thiophene rings is 1. The summed E-state index contributed by atoms with van der Waals surface area (Å²) < 4.78 is 18.6. The molecule has 3 nitrogen and oxygen atoms in total. The highest BCUT2D eigenvalue weighted by Gasteiger charge is 2.24. The Hall–Kier alpha value is -0.650. The second-order valence-electron chi connectivity index (χ2n) is 3.48. The summed E-state index contributed by atoms with van der Waals surface area (Å²) in [5, 5.41) is 2.43. The van der Waals surface area contributed by atoms with Crippen molar-refractivity contribution in [3.8, 4) is 0 Å². The molecule has 16 heavy (non-hydrogen) atoms. The SMILES string of the molecule is O=C(CCl)NCC1OCCc2sc(F)cc21. The van der Waals surface area contributed by atoms with Gasteiger partial charge in [-0.2, -0.15) is 4.39 Å². The van der Waals surface area contributed by atoms with E-state index < -0.39 is 0 Å². The number of carbonyl (C=O) groups excluding carboxylic acids is 1. The Morgan fingerprint density at radius 2 is 2.56 bits per heavy atom. The lowest BCUT2D eigenvalue weighted by Gasteiger charge is -2.23. The van der Waals surface area contributed by atoms with Crippen LogP contribution in [0.1, 0.15) is 16.5 Å². The van der Waals surface area contributed by atoms with Gasteiger partial charge in [0, 0.05) is 17.8 Å². The van der Waals surface area contributed by atoms with Gasteiger partial charge in [-0.05, 0) is 11.6 Å². The Balaban J connectivity index is 2.04. The second kappa shape index (κ2) is 5.12. The van der Waals surface area contributed by atoms with Crippen LogP contribution >= 0.6 is 22.9 Å². The molecule has 88 valence electrons. The first-order valence-electron chi connectivity index (χ1n) is 4.93. The Morgan fingerprint density at radius 1 is 1.75 bits per heavy atom. The Morgan fingerprint density at radius 3 is 3.31 bits per heavy atom. The van der Waals surface area contributed by atoms with Gasteiger partial charge in [0.25, 0.3) is 0 Å². The molecule has 1 aliphatic heterocycles. The molecule has 0 aliphatic carbocycles. The highest BCUT2D eigenvalue weighted by molar-refractivity contribution is 7.10. The summed E-state index contributed by atoms with van der Waals surface area (Å²) in [6.45, 7) is 0.906. The summed E-state index contributed by atoms with van der Waals surface area (Å²) in [4.78, 5) is 12.0. The average Bonchev–Trinajstić information content (AvgIpc) is 2.66. The maximum atomic E-state index is 13.1. The Kier molecular flexibility index (Phi) is 3.78. The van der Waals surface area contributed by atoms with Crippen LogP contribution in [0.25, 0.3) is 0 Å². The van der Waals surface area contributed by atoms with E-state index in [-0.39, 0.29) is 23.0 Å². The number of hydrogen-bond acceptors (Lipinski definition) is 3. The molecule has 0 aromatic carbocycles. The highest BCUT2D eigenvalue weighted by Crippen LogP contribution is 2.32. The molecule has 0 bridgehead atoms.